The summed E-state index contributed by atoms with van der Waals surface area (Å²) in [5.74, 6) is -1.14. The number of para-hydroxylation sites is 2. The minimum atomic E-state index is -0.719. The second kappa shape index (κ2) is 7.96. The molecule has 8 heteroatoms. The summed E-state index contributed by atoms with van der Waals surface area (Å²) < 4.78 is 10.2. The molecule has 0 aliphatic heterocycles. The van der Waals surface area contributed by atoms with E-state index in [1.165, 1.54) is 36.6 Å². The number of nitro groups is 1. The number of amides is 1. The van der Waals surface area contributed by atoms with E-state index in [0.29, 0.717) is 0 Å². The predicted octanol–water partition coefficient (Wildman–Crippen LogP) is 3.80. The first-order valence-electron chi connectivity index (χ1n) is 7.89. The summed E-state index contributed by atoms with van der Waals surface area (Å²) in [6.45, 7) is -0.267. The van der Waals surface area contributed by atoms with Crippen LogP contribution >= 0.6 is 0 Å². The van der Waals surface area contributed by atoms with Crippen LogP contribution in [0.3, 0.4) is 0 Å². The second-order valence-electron chi connectivity index (χ2n) is 5.44. The first-order chi connectivity index (χ1) is 13.1. The molecule has 1 N–H and O–H groups in total. The van der Waals surface area contributed by atoms with Gasteiger partial charge in [-0.05, 0) is 30.3 Å². The molecule has 0 atom stereocenters. The molecule has 8 nitrogen and oxygen atoms in total. The Morgan fingerprint density at radius 1 is 1.04 bits per heavy atom. The third kappa shape index (κ3) is 4.18. The third-order valence-electron chi connectivity index (χ3n) is 3.69. The smallest absolute Gasteiger partial charge is 0.340 e. The molecule has 1 aromatic heterocycles. The van der Waals surface area contributed by atoms with Crippen molar-refractivity contribution in [2.45, 2.75) is 6.61 Å². The molecule has 3 rings (SSSR count). The fourth-order valence-electron chi connectivity index (χ4n) is 2.39. The maximum absolute atomic E-state index is 12.4. The summed E-state index contributed by atoms with van der Waals surface area (Å²) in [6, 6.07) is 15.3. The van der Waals surface area contributed by atoms with E-state index in [9.17, 15) is 19.7 Å². The molecule has 0 aliphatic rings. The quantitative estimate of drug-likeness (QED) is 0.403. The number of esters is 1. The summed E-state index contributed by atoms with van der Waals surface area (Å²) in [5, 5.41) is 13.6. The minimum absolute atomic E-state index is 0.0954. The normalized spacial score (nSPS) is 10.2. The van der Waals surface area contributed by atoms with Gasteiger partial charge < -0.3 is 14.5 Å². The fraction of sp³-hybridized carbons (Fsp3) is 0.0526. The molecule has 27 heavy (non-hydrogen) atoms. The summed E-state index contributed by atoms with van der Waals surface area (Å²) in [7, 11) is 0. The van der Waals surface area contributed by atoms with Crippen LogP contribution in [0.1, 0.15) is 26.5 Å². The van der Waals surface area contributed by atoms with Crippen LogP contribution in [0.4, 0.5) is 11.4 Å². The molecule has 0 aliphatic carbocycles. The van der Waals surface area contributed by atoms with Crippen LogP contribution in [-0.4, -0.2) is 16.8 Å². The van der Waals surface area contributed by atoms with Crippen LogP contribution in [-0.2, 0) is 11.3 Å². The average Bonchev–Trinajstić information content (AvgIpc) is 3.21. The summed E-state index contributed by atoms with van der Waals surface area (Å²) in [6.07, 6.45) is 1.36. The van der Waals surface area contributed by atoms with Crippen LogP contribution in [0.25, 0.3) is 0 Å². The van der Waals surface area contributed by atoms with E-state index >= 15 is 0 Å². The maximum Gasteiger partial charge on any atom is 0.340 e. The zero-order chi connectivity index (χ0) is 19.2. The van der Waals surface area contributed by atoms with Crippen molar-refractivity contribution in [3.8, 4) is 0 Å². The molecule has 0 radical (unpaired) electrons. The number of rotatable bonds is 6. The number of carbonyl (C=O) groups is 2. The van der Waals surface area contributed by atoms with E-state index in [-0.39, 0.29) is 34.9 Å². The van der Waals surface area contributed by atoms with Crippen LogP contribution < -0.4 is 5.32 Å². The van der Waals surface area contributed by atoms with Crippen molar-refractivity contribution < 1.29 is 23.7 Å². The van der Waals surface area contributed by atoms with Gasteiger partial charge in [0.1, 0.15) is 6.61 Å². The maximum atomic E-state index is 12.4. The van der Waals surface area contributed by atoms with Gasteiger partial charge in [-0.15, -0.1) is 0 Å². The fourth-order valence-corrected chi connectivity index (χ4v) is 2.39. The van der Waals surface area contributed by atoms with Crippen LogP contribution in [0.2, 0.25) is 0 Å². The lowest BCUT2D eigenvalue weighted by atomic mass is 10.1. The van der Waals surface area contributed by atoms with E-state index < -0.39 is 16.8 Å². The van der Waals surface area contributed by atoms with Crippen molar-refractivity contribution in [2.75, 3.05) is 5.32 Å². The highest BCUT2D eigenvalue weighted by Crippen LogP contribution is 2.21. The molecular formula is C19H14N2O6. The van der Waals surface area contributed by atoms with Gasteiger partial charge in [0, 0.05) is 6.07 Å². The molecule has 0 spiro atoms. The standard InChI is InChI=1S/C19H14N2O6/c22-18(17-10-5-11-26-17)20-15-8-3-2-7-14(15)19(23)27-12-13-6-1-4-9-16(13)21(24)25/h1-11H,12H2,(H,20,22). The number of carbonyl (C=O) groups excluding carboxylic acids is 2. The molecule has 0 saturated carbocycles. The van der Waals surface area contributed by atoms with Crippen molar-refractivity contribution in [3.05, 3.63) is 93.9 Å². The van der Waals surface area contributed by atoms with Crippen molar-refractivity contribution in [1.82, 2.24) is 0 Å². The van der Waals surface area contributed by atoms with Gasteiger partial charge in [0.05, 0.1) is 28.0 Å². The monoisotopic (exact) mass is 366 g/mol. The van der Waals surface area contributed by atoms with Crippen molar-refractivity contribution in [1.29, 1.82) is 0 Å². The Morgan fingerprint density at radius 3 is 2.52 bits per heavy atom. The summed E-state index contributed by atoms with van der Waals surface area (Å²) in [5.41, 5.74) is 0.500. The van der Waals surface area contributed by atoms with E-state index in [1.54, 1.807) is 30.3 Å². The molecule has 1 heterocycles. The number of furan rings is 1. The van der Waals surface area contributed by atoms with Gasteiger partial charge in [0.25, 0.3) is 11.6 Å². The first-order valence-corrected chi connectivity index (χ1v) is 7.89. The number of nitro benzene ring substituents is 1. The van der Waals surface area contributed by atoms with Crippen LogP contribution in [0.5, 0.6) is 0 Å². The number of nitrogens with zero attached hydrogens (tertiary/aromatic N) is 1. The van der Waals surface area contributed by atoms with Gasteiger partial charge in [-0.2, -0.15) is 0 Å². The molecule has 0 saturated heterocycles. The zero-order valence-electron chi connectivity index (χ0n) is 14.0. The van der Waals surface area contributed by atoms with Gasteiger partial charge in [0.15, 0.2) is 5.76 Å². The average molecular weight is 366 g/mol. The lowest BCUT2D eigenvalue weighted by Gasteiger charge is -2.10. The number of anilines is 1. The van der Waals surface area contributed by atoms with Crippen molar-refractivity contribution >= 4 is 23.3 Å². The number of ether oxygens (including phenoxy) is 1. The minimum Gasteiger partial charge on any atom is -0.459 e. The van der Waals surface area contributed by atoms with Crippen LogP contribution in [0.15, 0.2) is 71.3 Å². The number of hydrogen-bond acceptors (Lipinski definition) is 6. The Bertz CT molecular complexity index is 981. The third-order valence-corrected chi connectivity index (χ3v) is 3.69. The highest BCUT2D eigenvalue weighted by molar-refractivity contribution is 6.06. The van der Waals surface area contributed by atoms with E-state index in [0.717, 1.165) is 0 Å². The first kappa shape index (κ1) is 17.9. The molecule has 1 amide bonds. The van der Waals surface area contributed by atoms with Crippen LogP contribution in [0, 0.1) is 10.1 Å². The highest BCUT2D eigenvalue weighted by atomic mass is 16.6. The van der Waals surface area contributed by atoms with Gasteiger partial charge in [-0.25, -0.2) is 4.79 Å². The topological polar surface area (TPSA) is 112 Å². The van der Waals surface area contributed by atoms with E-state index in [4.69, 9.17) is 9.15 Å². The van der Waals surface area contributed by atoms with E-state index in [1.807, 2.05) is 0 Å². The predicted molar refractivity (Wildman–Crippen MR) is 95.3 cm³/mol. The molecule has 136 valence electrons. The number of benzene rings is 2. The Labute approximate surface area is 153 Å². The molecule has 3 aromatic rings. The zero-order valence-corrected chi connectivity index (χ0v) is 14.0. The summed E-state index contributed by atoms with van der Waals surface area (Å²) in [4.78, 5) is 35.0. The van der Waals surface area contributed by atoms with Gasteiger partial charge >= 0.3 is 5.97 Å². The molecule has 0 unspecified atom stereocenters. The lowest BCUT2D eigenvalue weighted by molar-refractivity contribution is -0.385. The largest absolute Gasteiger partial charge is 0.459 e. The van der Waals surface area contributed by atoms with Gasteiger partial charge in [0.2, 0.25) is 0 Å². The van der Waals surface area contributed by atoms with Crippen molar-refractivity contribution in [2.24, 2.45) is 0 Å². The molecule has 0 bridgehead atoms. The van der Waals surface area contributed by atoms with Gasteiger partial charge in [-0.3, -0.25) is 14.9 Å². The lowest BCUT2D eigenvalue weighted by Crippen LogP contribution is -2.15. The molecule has 0 fully saturated rings. The Balaban J connectivity index is 1.74. The number of nitrogens with one attached hydrogen (secondary N) is 1. The van der Waals surface area contributed by atoms with E-state index in [2.05, 4.69) is 5.32 Å². The Hall–Kier alpha value is -3.94. The molecule has 2 aromatic carbocycles. The Morgan fingerprint density at radius 2 is 1.78 bits per heavy atom. The highest BCUT2D eigenvalue weighted by Gasteiger charge is 2.18. The second-order valence-corrected chi connectivity index (χ2v) is 5.44. The SMILES string of the molecule is O=C(Nc1ccccc1C(=O)OCc1ccccc1[N+](=O)[O-])c1ccco1. The molecular weight excluding hydrogens is 352 g/mol. The number of hydrogen-bond donors (Lipinski definition) is 1. The van der Waals surface area contributed by atoms with Crippen molar-refractivity contribution in [3.63, 3.8) is 0 Å². The Kier molecular flexibility index (Phi) is 5.27. The summed E-state index contributed by atoms with van der Waals surface area (Å²) >= 11 is 0. The van der Waals surface area contributed by atoms with Gasteiger partial charge in [-0.1, -0.05) is 24.3 Å².